The van der Waals surface area contributed by atoms with E-state index in [1.165, 1.54) is 0 Å². The highest BCUT2D eigenvalue weighted by molar-refractivity contribution is 5.75. The van der Waals surface area contributed by atoms with Crippen molar-refractivity contribution >= 4 is 5.97 Å². The third-order valence-corrected chi connectivity index (χ3v) is 8.10. The Bertz CT molecular complexity index is 626. The molecule has 4 rings (SSSR count). The monoisotopic (exact) mass is 414 g/mol. The maximum absolute atomic E-state index is 11.8. The van der Waals surface area contributed by atoms with Crippen molar-refractivity contribution in [2.75, 3.05) is 6.61 Å². The minimum absolute atomic E-state index is 0.000700. The van der Waals surface area contributed by atoms with Crippen molar-refractivity contribution in [1.29, 1.82) is 0 Å². The standard InChI is InChI=1S/C21H34O8/c1-9(27-20-18(25)17(24)16(23)15(8-22)29-20)4-5-12-13-6-11-10(2)19(26)28-14(11)7-21(12,13)3/h9-18,20,22-25H,4-8H2,1-3H3/t9-,10-,11-,12+,13+,14-,15-,16-,17+,18-,20-,21-/m1/s1. The Hall–Kier alpha value is -0.770. The largest absolute Gasteiger partial charge is 0.462 e. The lowest BCUT2D eigenvalue weighted by Crippen LogP contribution is -2.59. The molecule has 2 saturated carbocycles. The van der Waals surface area contributed by atoms with Crippen LogP contribution in [0.4, 0.5) is 0 Å². The summed E-state index contributed by atoms with van der Waals surface area (Å²) in [5, 5.41) is 39.2. The molecule has 8 nitrogen and oxygen atoms in total. The molecule has 2 aliphatic heterocycles. The van der Waals surface area contributed by atoms with Gasteiger partial charge in [-0.15, -0.1) is 0 Å². The molecule has 4 N–H and O–H groups in total. The summed E-state index contributed by atoms with van der Waals surface area (Å²) >= 11 is 0. The van der Waals surface area contributed by atoms with Crippen molar-refractivity contribution in [3.63, 3.8) is 0 Å². The normalized spacial score (nSPS) is 52.4. The molecule has 12 atom stereocenters. The van der Waals surface area contributed by atoms with Crippen LogP contribution in [0.1, 0.15) is 46.5 Å². The van der Waals surface area contributed by atoms with Crippen LogP contribution in [0.2, 0.25) is 0 Å². The Morgan fingerprint density at radius 1 is 1.24 bits per heavy atom. The smallest absolute Gasteiger partial charge is 0.309 e. The summed E-state index contributed by atoms with van der Waals surface area (Å²) in [5.41, 5.74) is 0.217. The predicted octanol–water partition coefficient (Wildman–Crippen LogP) is 0.195. The minimum Gasteiger partial charge on any atom is -0.462 e. The minimum atomic E-state index is -1.42. The average molecular weight is 414 g/mol. The van der Waals surface area contributed by atoms with Gasteiger partial charge < -0.3 is 34.6 Å². The van der Waals surface area contributed by atoms with Gasteiger partial charge >= 0.3 is 5.97 Å². The Morgan fingerprint density at radius 2 is 1.97 bits per heavy atom. The summed E-state index contributed by atoms with van der Waals surface area (Å²) in [6.45, 7) is 5.70. The number of carbonyl (C=O) groups excluding carboxylic acids is 1. The van der Waals surface area contributed by atoms with Gasteiger partial charge in [0, 0.05) is 5.92 Å². The SMILES string of the molecule is C[C@H](CC[C@H]1[C@@H]2C[C@H]3[C@@H](C[C@]12C)OC(=O)[C@@H]3C)O[C@@H]1O[C@H](CO)[C@@H](O)[C@H](O)[C@H]1O. The van der Waals surface area contributed by atoms with Crippen LogP contribution in [0, 0.1) is 29.1 Å². The average Bonchev–Trinajstić information content (AvgIpc) is 3.16. The van der Waals surface area contributed by atoms with Crippen LogP contribution in [-0.4, -0.2) is 75.9 Å². The molecule has 0 radical (unpaired) electrons. The molecular weight excluding hydrogens is 380 g/mol. The van der Waals surface area contributed by atoms with E-state index in [2.05, 4.69) is 6.92 Å². The topological polar surface area (TPSA) is 126 Å². The highest BCUT2D eigenvalue weighted by Gasteiger charge is 2.67. The number of ether oxygens (including phenoxy) is 3. The first-order chi connectivity index (χ1) is 13.7. The van der Waals surface area contributed by atoms with Gasteiger partial charge in [-0.25, -0.2) is 0 Å². The molecular formula is C21H34O8. The number of aliphatic hydroxyl groups excluding tert-OH is 4. The number of hydrogen-bond donors (Lipinski definition) is 4. The molecule has 29 heavy (non-hydrogen) atoms. The van der Waals surface area contributed by atoms with Crippen molar-refractivity contribution < 1.29 is 39.4 Å². The van der Waals surface area contributed by atoms with E-state index in [1.807, 2.05) is 13.8 Å². The number of carbonyl (C=O) groups is 1. The fourth-order valence-corrected chi connectivity index (χ4v) is 6.04. The second kappa shape index (κ2) is 7.73. The van der Waals surface area contributed by atoms with Gasteiger partial charge in [-0.1, -0.05) is 13.8 Å². The van der Waals surface area contributed by atoms with Crippen molar-refractivity contribution in [1.82, 2.24) is 0 Å². The molecule has 8 heteroatoms. The van der Waals surface area contributed by atoms with Crippen LogP contribution in [0.5, 0.6) is 0 Å². The number of aliphatic hydroxyl groups is 4. The maximum Gasteiger partial charge on any atom is 0.309 e. The predicted molar refractivity (Wildman–Crippen MR) is 100 cm³/mol. The first kappa shape index (κ1) is 21.5. The summed E-state index contributed by atoms with van der Waals surface area (Å²) in [5.74, 6) is 1.47. The van der Waals surface area contributed by atoms with Gasteiger partial charge in [0.25, 0.3) is 0 Å². The van der Waals surface area contributed by atoms with Crippen molar-refractivity contribution in [3.8, 4) is 0 Å². The lowest BCUT2D eigenvalue weighted by atomic mass is 9.77. The van der Waals surface area contributed by atoms with Crippen LogP contribution in [0.25, 0.3) is 0 Å². The molecule has 0 aromatic heterocycles. The molecule has 0 aromatic rings. The highest BCUT2D eigenvalue weighted by Crippen LogP contribution is 2.70. The Labute approximate surface area is 171 Å². The zero-order valence-electron chi connectivity index (χ0n) is 17.3. The zero-order chi connectivity index (χ0) is 21.1. The Morgan fingerprint density at radius 3 is 2.66 bits per heavy atom. The summed E-state index contributed by atoms with van der Waals surface area (Å²) in [6.07, 6.45) is -2.64. The van der Waals surface area contributed by atoms with Crippen LogP contribution >= 0.6 is 0 Å². The molecule has 166 valence electrons. The second-order valence-electron chi connectivity index (χ2n) is 9.81. The lowest BCUT2D eigenvalue weighted by molar-refractivity contribution is -0.310. The van der Waals surface area contributed by atoms with E-state index in [-0.39, 0.29) is 29.5 Å². The van der Waals surface area contributed by atoms with E-state index in [9.17, 15) is 25.2 Å². The number of fused-ring (bicyclic) bond motifs is 2. The van der Waals surface area contributed by atoms with Crippen molar-refractivity contribution in [2.45, 2.75) is 89.4 Å². The zero-order valence-corrected chi connectivity index (χ0v) is 17.3. The maximum atomic E-state index is 11.8. The van der Waals surface area contributed by atoms with E-state index in [4.69, 9.17) is 14.2 Å². The Balaban J connectivity index is 1.28. The summed E-state index contributed by atoms with van der Waals surface area (Å²) in [4.78, 5) is 11.8. The van der Waals surface area contributed by atoms with Crippen LogP contribution in [-0.2, 0) is 19.0 Å². The third kappa shape index (κ3) is 3.62. The molecule has 0 amide bonds. The van der Waals surface area contributed by atoms with Crippen molar-refractivity contribution in [3.05, 3.63) is 0 Å². The van der Waals surface area contributed by atoms with Gasteiger partial charge in [-0.05, 0) is 49.9 Å². The van der Waals surface area contributed by atoms with Gasteiger partial charge in [-0.2, -0.15) is 0 Å². The van der Waals surface area contributed by atoms with Crippen LogP contribution in [0.3, 0.4) is 0 Å². The molecule has 4 aliphatic rings. The number of hydrogen-bond acceptors (Lipinski definition) is 8. The molecule has 2 saturated heterocycles. The summed E-state index contributed by atoms with van der Waals surface area (Å²) in [6, 6.07) is 0. The quantitative estimate of drug-likeness (QED) is 0.454. The first-order valence-corrected chi connectivity index (χ1v) is 10.8. The number of esters is 1. The van der Waals surface area contributed by atoms with Gasteiger partial charge in [0.15, 0.2) is 6.29 Å². The van der Waals surface area contributed by atoms with E-state index in [0.717, 1.165) is 25.7 Å². The molecule has 0 spiro atoms. The van der Waals surface area contributed by atoms with Gasteiger partial charge in [0.1, 0.15) is 30.5 Å². The molecule has 4 fully saturated rings. The van der Waals surface area contributed by atoms with Crippen molar-refractivity contribution in [2.24, 2.45) is 29.1 Å². The summed E-state index contributed by atoms with van der Waals surface area (Å²) in [7, 11) is 0. The molecule has 0 unspecified atom stereocenters. The van der Waals surface area contributed by atoms with Crippen LogP contribution < -0.4 is 0 Å². The van der Waals surface area contributed by atoms with Gasteiger partial charge in [-0.3, -0.25) is 4.79 Å². The fourth-order valence-electron chi connectivity index (χ4n) is 6.04. The van der Waals surface area contributed by atoms with Gasteiger partial charge in [0.05, 0.1) is 18.6 Å². The first-order valence-electron chi connectivity index (χ1n) is 10.8. The molecule has 2 heterocycles. The fraction of sp³-hybridized carbons (Fsp3) is 0.952. The summed E-state index contributed by atoms with van der Waals surface area (Å²) < 4.78 is 16.8. The number of rotatable bonds is 6. The van der Waals surface area contributed by atoms with E-state index >= 15 is 0 Å². The molecule has 2 aliphatic carbocycles. The van der Waals surface area contributed by atoms with Gasteiger partial charge in [0.2, 0.25) is 0 Å². The molecule has 0 aromatic carbocycles. The van der Waals surface area contributed by atoms with E-state index < -0.39 is 37.3 Å². The van der Waals surface area contributed by atoms with E-state index in [1.54, 1.807) is 0 Å². The molecule has 0 bridgehead atoms. The Kier molecular flexibility index (Phi) is 5.72. The second-order valence-corrected chi connectivity index (χ2v) is 9.81. The lowest BCUT2D eigenvalue weighted by Gasteiger charge is -2.40. The third-order valence-electron chi connectivity index (χ3n) is 8.10. The van der Waals surface area contributed by atoms with Crippen LogP contribution in [0.15, 0.2) is 0 Å². The van der Waals surface area contributed by atoms with E-state index in [0.29, 0.717) is 17.8 Å². The highest BCUT2D eigenvalue weighted by atomic mass is 16.7.